The summed E-state index contributed by atoms with van der Waals surface area (Å²) < 4.78 is 3.23. The van der Waals surface area contributed by atoms with Crippen LogP contribution in [-0.4, -0.2) is 31.0 Å². The second-order valence-electron chi connectivity index (χ2n) is 7.38. The lowest BCUT2D eigenvalue weighted by atomic mass is 10.0. The Morgan fingerprint density at radius 3 is 2.45 bits per heavy atom. The molecule has 0 aliphatic carbocycles. The zero-order valence-electron chi connectivity index (χ0n) is 16.3. The monoisotopic (exact) mass is 430 g/mol. The van der Waals surface area contributed by atoms with E-state index < -0.39 is 0 Å². The minimum absolute atomic E-state index is 0.180. The first-order chi connectivity index (χ1) is 13.8. The normalized spacial score (nSPS) is 17.3. The molecule has 2 unspecified atom stereocenters. The van der Waals surface area contributed by atoms with Crippen LogP contribution in [0.4, 0.5) is 0 Å². The van der Waals surface area contributed by atoms with Gasteiger partial charge in [-0.15, -0.1) is 0 Å². The number of carbonyl (C=O) groups excluding carboxylic acids is 1. The Labute approximate surface area is 178 Å². The molecule has 4 rings (SSSR count). The standard InChI is InChI=1S/C21H20Cl2N4O2/c1-12-9-25(11-24-12)18-4-5-19-21(29)27(13(2)10-26(19)20(18)28)14(3)15-6-16(22)8-17(23)7-15/h4-9,11,13-14H,10H2,1-3H3. The molecule has 1 aliphatic rings. The highest BCUT2D eigenvalue weighted by molar-refractivity contribution is 6.34. The van der Waals surface area contributed by atoms with E-state index >= 15 is 0 Å². The third kappa shape index (κ3) is 3.47. The first-order valence-corrected chi connectivity index (χ1v) is 10.1. The van der Waals surface area contributed by atoms with Crippen LogP contribution in [0.15, 0.2) is 47.7 Å². The largest absolute Gasteiger partial charge is 0.326 e. The van der Waals surface area contributed by atoms with Gasteiger partial charge in [0.2, 0.25) is 0 Å². The second kappa shape index (κ2) is 7.35. The first-order valence-electron chi connectivity index (χ1n) is 9.29. The van der Waals surface area contributed by atoms with Gasteiger partial charge < -0.3 is 14.0 Å². The molecule has 8 heteroatoms. The molecule has 0 saturated carbocycles. The van der Waals surface area contributed by atoms with Gasteiger partial charge in [-0.3, -0.25) is 9.59 Å². The number of benzene rings is 1. The van der Waals surface area contributed by atoms with Crippen LogP contribution in [0.1, 0.15) is 41.6 Å². The number of aryl methyl sites for hydroxylation is 1. The number of imidazole rings is 1. The topological polar surface area (TPSA) is 60.1 Å². The van der Waals surface area contributed by atoms with Crippen molar-refractivity contribution in [2.24, 2.45) is 0 Å². The van der Waals surface area contributed by atoms with Crippen molar-refractivity contribution >= 4 is 29.1 Å². The summed E-state index contributed by atoms with van der Waals surface area (Å²) in [6.45, 7) is 6.14. The average molecular weight is 431 g/mol. The van der Waals surface area contributed by atoms with Crippen LogP contribution in [0.3, 0.4) is 0 Å². The molecule has 2 aromatic heterocycles. The zero-order chi connectivity index (χ0) is 20.9. The number of amides is 1. The van der Waals surface area contributed by atoms with Crippen LogP contribution in [0, 0.1) is 6.92 Å². The van der Waals surface area contributed by atoms with E-state index in [1.807, 2.05) is 32.9 Å². The van der Waals surface area contributed by atoms with Crippen LogP contribution in [0.2, 0.25) is 10.0 Å². The number of halogens is 2. The molecule has 0 bridgehead atoms. The Morgan fingerprint density at radius 2 is 1.83 bits per heavy atom. The SMILES string of the molecule is Cc1cn(-c2ccc3n(c2=O)CC(C)N(C(C)c2cc(Cl)cc(Cl)c2)C3=O)cn1. The van der Waals surface area contributed by atoms with E-state index in [9.17, 15) is 9.59 Å². The Kier molecular flexibility index (Phi) is 5.00. The van der Waals surface area contributed by atoms with Gasteiger partial charge in [-0.2, -0.15) is 0 Å². The van der Waals surface area contributed by atoms with Crippen molar-refractivity contribution in [2.45, 2.75) is 39.4 Å². The number of pyridine rings is 1. The molecule has 1 amide bonds. The highest BCUT2D eigenvalue weighted by Gasteiger charge is 2.34. The molecular formula is C21H20Cl2N4O2. The predicted octanol–water partition coefficient (Wildman–Crippen LogP) is 4.25. The predicted molar refractivity (Wildman–Crippen MR) is 113 cm³/mol. The van der Waals surface area contributed by atoms with Gasteiger partial charge in [0.15, 0.2) is 0 Å². The fourth-order valence-corrected chi connectivity index (χ4v) is 4.45. The van der Waals surface area contributed by atoms with Crippen LogP contribution in [0.5, 0.6) is 0 Å². The summed E-state index contributed by atoms with van der Waals surface area (Å²) in [6, 6.07) is 8.23. The number of rotatable bonds is 3. The smallest absolute Gasteiger partial charge is 0.275 e. The Hall–Kier alpha value is -2.57. The molecule has 0 spiro atoms. The van der Waals surface area contributed by atoms with Gasteiger partial charge in [0.1, 0.15) is 11.4 Å². The molecule has 3 heterocycles. The van der Waals surface area contributed by atoms with Gasteiger partial charge >= 0.3 is 0 Å². The highest BCUT2D eigenvalue weighted by Crippen LogP contribution is 2.31. The van der Waals surface area contributed by atoms with E-state index in [0.29, 0.717) is 28.0 Å². The van der Waals surface area contributed by atoms with E-state index in [0.717, 1.165) is 11.3 Å². The summed E-state index contributed by atoms with van der Waals surface area (Å²) in [7, 11) is 0. The summed E-state index contributed by atoms with van der Waals surface area (Å²) in [5.74, 6) is -0.196. The molecule has 1 aliphatic heterocycles. The molecule has 0 N–H and O–H groups in total. The number of nitrogens with zero attached hydrogens (tertiary/aromatic N) is 4. The van der Waals surface area contributed by atoms with E-state index in [-0.39, 0.29) is 23.6 Å². The number of fused-ring (bicyclic) bond motifs is 1. The lowest BCUT2D eigenvalue weighted by Gasteiger charge is -2.39. The highest BCUT2D eigenvalue weighted by atomic mass is 35.5. The van der Waals surface area contributed by atoms with Crippen molar-refractivity contribution in [1.29, 1.82) is 0 Å². The first kappa shape index (κ1) is 19.7. The summed E-state index contributed by atoms with van der Waals surface area (Å²) in [5.41, 5.74) is 2.30. The number of aromatic nitrogens is 3. The van der Waals surface area contributed by atoms with Crippen molar-refractivity contribution in [3.8, 4) is 5.69 Å². The van der Waals surface area contributed by atoms with Crippen LogP contribution >= 0.6 is 23.2 Å². The molecule has 1 aromatic carbocycles. The Bertz CT molecular complexity index is 1150. The maximum absolute atomic E-state index is 13.3. The van der Waals surface area contributed by atoms with Gasteiger partial charge in [-0.25, -0.2) is 4.98 Å². The molecular weight excluding hydrogens is 411 g/mol. The van der Waals surface area contributed by atoms with Gasteiger partial charge in [0.25, 0.3) is 11.5 Å². The minimum Gasteiger partial charge on any atom is -0.326 e. The number of hydrogen-bond acceptors (Lipinski definition) is 3. The zero-order valence-corrected chi connectivity index (χ0v) is 17.8. The van der Waals surface area contributed by atoms with E-state index in [1.54, 1.807) is 44.8 Å². The molecule has 3 aromatic rings. The van der Waals surface area contributed by atoms with Gasteiger partial charge in [0.05, 0.1) is 18.1 Å². The Morgan fingerprint density at radius 1 is 1.14 bits per heavy atom. The van der Waals surface area contributed by atoms with Crippen molar-refractivity contribution < 1.29 is 4.79 Å². The van der Waals surface area contributed by atoms with Crippen LogP contribution in [-0.2, 0) is 6.54 Å². The Balaban J connectivity index is 1.74. The quantitative estimate of drug-likeness (QED) is 0.623. The van der Waals surface area contributed by atoms with Gasteiger partial charge in [-0.05, 0) is 56.7 Å². The minimum atomic E-state index is -0.242. The van der Waals surface area contributed by atoms with Crippen molar-refractivity contribution in [2.75, 3.05) is 0 Å². The maximum Gasteiger partial charge on any atom is 0.275 e. The molecule has 2 atom stereocenters. The fraction of sp³-hybridized carbons (Fsp3) is 0.286. The average Bonchev–Trinajstić information content (AvgIpc) is 3.08. The van der Waals surface area contributed by atoms with Crippen molar-refractivity contribution in [3.05, 3.63) is 80.2 Å². The number of carbonyl (C=O) groups is 1. The lowest BCUT2D eigenvalue weighted by Crippen LogP contribution is -2.50. The van der Waals surface area contributed by atoms with Crippen molar-refractivity contribution in [3.63, 3.8) is 0 Å². The third-order valence-corrected chi connectivity index (χ3v) is 5.74. The summed E-state index contributed by atoms with van der Waals surface area (Å²) >= 11 is 12.3. The molecule has 29 heavy (non-hydrogen) atoms. The molecule has 0 fully saturated rings. The lowest BCUT2D eigenvalue weighted by molar-refractivity contribution is 0.0510. The molecule has 0 saturated heterocycles. The third-order valence-electron chi connectivity index (χ3n) is 5.30. The molecule has 150 valence electrons. The summed E-state index contributed by atoms with van der Waals surface area (Å²) in [5, 5.41) is 1.04. The van der Waals surface area contributed by atoms with Crippen LogP contribution < -0.4 is 5.56 Å². The van der Waals surface area contributed by atoms with Gasteiger partial charge in [-0.1, -0.05) is 23.2 Å². The van der Waals surface area contributed by atoms with Gasteiger partial charge in [0, 0.05) is 28.8 Å². The van der Waals surface area contributed by atoms with Crippen LogP contribution in [0.25, 0.3) is 5.69 Å². The molecule has 0 radical (unpaired) electrons. The fourth-order valence-electron chi connectivity index (χ4n) is 3.90. The summed E-state index contributed by atoms with van der Waals surface area (Å²) in [4.78, 5) is 32.3. The van der Waals surface area contributed by atoms with E-state index in [2.05, 4.69) is 4.98 Å². The number of hydrogen-bond donors (Lipinski definition) is 0. The van der Waals surface area contributed by atoms with E-state index in [4.69, 9.17) is 23.2 Å². The van der Waals surface area contributed by atoms with Crippen molar-refractivity contribution in [1.82, 2.24) is 19.0 Å². The summed E-state index contributed by atoms with van der Waals surface area (Å²) in [6.07, 6.45) is 3.39. The maximum atomic E-state index is 13.3. The molecule has 6 nitrogen and oxygen atoms in total. The second-order valence-corrected chi connectivity index (χ2v) is 8.25. The van der Waals surface area contributed by atoms with E-state index in [1.165, 1.54) is 0 Å².